The molecular formula is C21H23F2N3O3. The number of carbonyl (C=O) groups is 2. The highest BCUT2D eigenvalue weighted by Gasteiger charge is 2.24. The number of aryl methyl sites for hydroxylation is 1. The summed E-state index contributed by atoms with van der Waals surface area (Å²) >= 11 is 0. The maximum absolute atomic E-state index is 13.4. The fraction of sp³-hybridized carbons (Fsp3) is 0.381. The van der Waals surface area contributed by atoms with E-state index in [9.17, 15) is 18.4 Å². The average Bonchev–Trinajstić information content (AvgIpc) is 3.17. The molecule has 1 aliphatic heterocycles. The van der Waals surface area contributed by atoms with E-state index in [-0.39, 0.29) is 24.1 Å². The van der Waals surface area contributed by atoms with E-state index >= 15 is 0 Å². The van der Waals surface area contributed by atoms with Crippen LogP contribution in [0.3, 0.4) is 0 Å². The van der Waals surface area contributed by atoms with Crippen molar-refractivity contribution in [1.82, 2.24) is 10.3 Å². The number of pyridine rings is 1. The highest BCUT2D eigenvalue weighted by molar-refractivity contribution is 5.95. The quantitative estimate of drug-likeness (QED) is 0.751. The van der Waals surface area contributed by atoms with Gasteiger partial charge in [-0.2, -0.15) is 0 Å². The van der Waals surface area contributed by atoms with E-state index in [0.717, 1.165) is 12.5 Å². The molecule has 1 N–H and O–H groups in total. The smallest absolute Gasteiger partial charge is 0.339 e. The summed E-state index contributed by atoms with van der Waals surface area (Å²) in [5.74, 6) is -2.34. The molecule has 29 heavy (non-hydrogen) atoms. The number of esters is 1. The average molecular weight is 403 g/mol. The van der Waals surface area contributed by atoms with E-state index in [0.29, 0.717) is 36.6 Å². The van der Waals surface area contributed by atoms with E-state index in [1.165, 1.54) is 18.2 Å². The van der Waals surface area contributed by atoms with Gasteiger partial charge in [-0.3, -0.25) is 4.79 Å². The van der Waals surface area contributed by atoms with Gasteiger partial charge in [-0.15, -0.1) is 0 Å². The van der Waals surface area contributed by atoms with Crippen molar-refractivity contribution in [3.05, 3.63) is 58.9 Å². The zero-order chi connectivity index (χ0) is 21.0. The Morgan fingerprint density at radius 2 is 2.03 bits per heavy atom. The normalized spacial score (nSPS) is 16.0. The molecule has 1 atom stereocenters. The predicted octanol–water partition coefficient (Wildman–Crippen LogP) is 3.10. The van der Waals surface area contributed by atoms with Crippen molar-refractivity contribution in [3.63, 3.8) is 0 Å². The van der Waals surface area contributed by atoms with Gasteiger partial charge in [-0.05, 0) is 50.5 Å². The molecule has 8 heteroatoms. The number of ether oxygens (including phenoxy) is 1. The number of anilines is 1. The lowest BCUT2D eigenvalue weighted by molar-refractivity contribution is 0.0524. The van der Waals surface area contributed by atoms with Crippen LogP contribution in [-0.2, 0) is 4.74 Å². The van der Waals surface area contributed by atoms with Gasteiger partial charge < -0.3 is 15.0 Å². The van der Waals surface area contributed by atoms with Gasteiger partial charge in [0.05, 0.1) is 17.9 Å². The molecule has 1 fully saturated rings. The zero-order valence-corrected chi connectivity index (χ0v) is 16.4. The molecule has 1 aromatic heterocycles. The highest BCUT2D eigenvalue weighted by atomic mass is 19.2. The Labute approximate surface area is 167 Å². The molecule has 154 valence electrons. The third-order valence-electron chi connectivity index (χ3n) is 4.92. The van der Waals surface area contributed by atoms with E-state index in [2.05, 4.69) is 10.3 Å². The summed E-state index contributed by atoms with van der Waals surface area (Å²) in [5.41, 5.74) is 1.62. The number of carbonyl (C=O) groups excluding carboxylic acids is 2. The van der Waals surface area contributed by atoms with E-state index in [4.69, 9.17) is 4.74 Å². The fourth-order valence-corrected chi connectivity index (χ4v) is 3.36. The molecule has 1 amide bonds. The van der Waals surface area contributed by atoms with E-state index in [1.54, 1.807) is 19.9 Å². The molecular weight excluding hydrogens is 380 g/mol. The van der Waals surface area contributed by atoms with Crippen molar-refractivity contribution in [2.45, 2.75) is 20.3 Å². The molecule has 1 aliphatic rings. The second-order valence-corrected chi connectivity index (χ2v) is 6.96. The van der Waals surface area contributed by atoms with Gasteiger partial charge in [0.1, 0.15) is 5.69 Å². The molecule has 0 saturated carbocycles. The van der Waals surface area contributed by atoms with Crippen molar-refractivity contribution in [2.24, 2.45) is 5.92 Å². The summed E-state index contributed by atoms with van der Waals surface area (Å²) < 4.78 is 31.5. The largest absolute Gasteiger partial charge is 0.462 e. The number of halogens is 2. The Bertz CT molecular complexity index is 920. The number of rotatable bonds is 6. The minimum Gasteiger partial charge on any atom is -0.462 e. The lowest BCUT2D eigenvalue weighted by Gasteiger charge is -2.19. The SMILES string of the molecule is CCOC(=O)c1ccc(C(=O)NCC2CCN(c3ccc(F)c(F)c3)C2)nc1C. The second kappa shape index (κ2) is 8.98. The van der Waals surface area contributed by atoms with Gasteiger partial charge in [0.2, 0.25) is 0 Å². The number of hydrogen-bond acceptors (Lipinski definition) is 5. The molecule has 1 unspecified atom stereocenters. The molecule has 2 heterocycles. The first-order valence-corrected chi connectivity index (χ1v) is 9.52. The van der Waals surface area contributed by atoms with E-state index in [1.807, 2.05) is 4.90 Å². The van der Waals surface area contributed by atoms with Crippen molar-refractivity contribution >= 4 is 17.6 Å². The topological polar surface area (TPSA) is 71.5 Å². The van der Waals surface area contributed by atoms with Crippen LogP contribution in [-0.4, -0.2) is 43.1 Å². The Balaban J connectivity index is 1.55. The zero-order valence-electron chi connectivity index (χ0n) is 16.4. The van der Waals surface area contributed by atoms with Crippen LogP contribution in [0.2, 0.25) is 0 Å². The van der Waals surface area contributed by atoms with Gasteiger partial charge in [-0.1, -0.05) is 0 Å². The lowest BCUT2D eigenvalue weighted by atomic mass is 10.1. The molecule has 2 aromatic rings. The number of nitrogens with zero attached hydrogens (tertiary/aromatic N) is 2. The number of benzene rings is 1. The van der Waals surface area contributed by atoms with Crippen LogP contribution in [0.1, 0.15) is 39.9 Å². The Hall–Kier alpha value is -3.03. The number of hydrogen-bond donors (Lipinski definition) is 1. The molecule has 0 radical (unpaired) electrons. The first kappa shape index (κ1) is 20.7. The molecule has 6 nitrogen and oxygen atoms in total. The van der Waals surface area contributed by atoms with Crippen molar-refractivity contribution in [2.75, 3.05) is 31.1 Å². The van der Waals surface area contributed by atoms with Crippen LogP contribution in [0.15, 0.2) is 30.3 Å². The van der Waals surface area contributed by atoms with Crippen LogP contribution in [0, 0.1) is 24.5 Å². The minimum absolute atomic E-state index is 0.187. The predicted molar refractivity (Wildman–Crippen MR) is 104 cm³/mol. The standard InChI is InChI=1S/C21H23F2N3O3/c1-3-29-21(28)16-5-7-19(25-13(16)2)20(27)24-11-14-8-9-26(12-14)15-4-6-17(22)18(23)10-15/h4-7,10,14H,3,8-9,11-12H2,1-2H3,(H,24,27). The third kappa shape index (κ3) is 4.88. The van der Waals surface area contributed by atoms with Gasteiger partial charge >= 0.3 is 5.97 Å². The molecule has 1 saturated heterocycles. The Kier molecular flexibility index (Phi) is 6.41. The fourth-order valence-electron chi connectivity index (χ4n) is 3.36. The second-order valence-electron chi connectivity index (χ2n) is 6.96. The number of nitrogens with one attached hydrogen (secondary N) is 1. The summed E-state index contributed by atoms with van der Waals surface area (Å²) in [5, 5.41) is 2.86. The van der Waals surface area contributed by atoms with Gasteiger partial charge in [0, 0.05) is 31.4 Å². The molecule has 0 bridgehead atoms. The molecule has 0 spiro atoms. The summed E-state index contributed by atoms with van der Waals surface area (Å²) in [7, 11) is 0. The number of aromatic nitrogens is 1. The monoisotopic (exact) mass is 403 g/mol. The summed E-state index contributed by atoms with van der Waals surface area (Å²) in [4.78, 5) is 30.4. The van der Waals surface area contributed by atoms with Crippen molar-refractivity contribution in [1.29, 1.82) is 0 Å². The van der Waals surface area contributed by atoms with Gasteiger partial charge in [0.25, 0.3) is 5.91 Å². The Morgan fingerprint density at radius 3 is 2.72 bits per heavy atom. The maximum Gasteiger partial charge on any atom is 0.339 e. The number of amides is 1. The minimum atomic E-state index is -0.869. The van der Waals surface area contributed by atoms with E-state index < -0.39 is 17.6 Å². The molecule has 1 aromatic carbocycles. The summed E-state index contributed by atoms with van der Waals surface area (Å²) in [6.45, 7) is 5.43. The maximum atomic E-state index is 13.4. The van der Waals surface area contributed by atoms with Crippen LogP contribution < -0.4 is 10.2 Å². The molecule has 0 aliphatic carbocycles. The summed E-state index contributed by atoms with van der Waals surface area (Å²) in [6, 6.07) is 6.89. The first-order chi connectivity index (χ1) is 13.9. The van der Waals surface area contributed by atoms with Crippen LogP contribution >= 0.6 is 0 Å². The van der Waals surface area contributed by atoms with Gasteiger partial charge in [0.15, 0.2) is 11.6 Å². The Morgan fingerprint density at radius 1 is 1.24 bits per heavy atom. The van der Waals surface area contributed by atoms with Gasteiger partial charge in [-0.25, -0.2) is 18.6 Å². The summed E-state index contributed by atoms with van der Waals surface area (Å²) in [6.07, 6.45) is 0.827. The van der Waals surface area contributed by atoms with Crippen LogP contribution in [0.25, 0.3) is 0 Å². The van der Waals surface area contributed by atoms with Crippen LogP contribution in [0.5, 0.6) is 0 Å². The van der Waals surface area contributed by atoms with Crippen LogP contribution in [0.4, 0.5) is 14.5 Å². The third-order valence-corrected chi connectivity index (χ3v) is 4.92. The molecule has 3 rings (SSSR count). The lowest BCUT2D eigenvalue weighted by Crippen LogP contribution is -2.31. The highest BCUT2D eigenvalue weighted by Crippen LogP contribution is 2.25. The first-order valence-electron chi connectivity index (χ1n) is 9.52. The van der Waals surface area contributed by atoms with Crippen molar-refractivity contribution in [3.8, 4) is 0 Å². The van der Waals surface area contributed by atoms with Crippen molar-refractivity contribution < 1.29 is 23.1 Å².